The molecule has 0 bridgehead atoms. The quantitative estimate of drug-likeness (QED) is 0.540. The zero-order chi connectivity index (χ0) is 21.5. The highest BCUT2D eigenvalue weighted by Crippen LogP contribution is 2.41. The SMILES string of the molecule is CCOC(=O)c1sc(NC(=O)c2ccccc2)c(C(=O)OCC)c1-c1ccccc1. The van der Waals surface area contributed by atoms with Crippen molar-refractivity contribution >= 4 is 34.2 Å². The highest BCUT2D eigenvalue weighted by molar-refractivity contribution is 7.19. The highest BCUT2D eigenvalue weighted by Gasteiger charge is 2.30. The minimum Gasteiger partial charge on any atom is -0.462 e. The molecule has 2 aromatic carbocycles. The normalized spacial score (nSPS) is 10.3. The Hall–Kier alpha value is -3.45. The van der Waals surface area contributed by atoms with Crippen molar-refractivity contribution in [2.75, 3.05) is 18.5 Å². The monoisotopic (exact) mass is 423 g/mol. The largest absolute Gasteiger partial charge is 0.462 e. The van der Waals surface area contributed by atoms with Gasteiger partial charge < -0.3 is 14.8 Å². The van der Waals surface area contributed by atoms with E-state index >= 15 is 0 Å². The van der Waals surface area contributed by atoms with Gasteiger partial charge in [-0.05, 0) is 31.5 Å². The van der Waals surface area contributed by atoms with Crippen LogP contribution in [0.25, 0.3) is 11.1 Å². The number of thiophene rings is 1. The van der Waals surface area contributed by atoms with Crippen LogP contribution in [0.4, 0.5) is 5.00 Å². The summed E-state index contributed by atoms with van der Waals surface area (Å²) in [7, 11) is 0. The summed E-state index contributed by atoms with van der Waals surface area (Å²) in [4.78, 5) is 38.5. The predicted octanol–water partition coefficient (Wildman–Crippen LogP) is 5.02. The summed E-state index contributed by atoms with van der Waals surface area (Å²) in [6, 6.07) is 17.6. The molecule has 0 unspecified atom stereocenters. The second kappa shape index (κ2) is 9.84. The molecule has 1 heterocycles. The fourth-order valence-corrected chi connectivity index (χ4v) is 4.00. The van der Waals surface area contributed by atoms with Gasteiger partial charge in [-0.25, -0.2) is 9.59 Å². The standard InChI is InChI=1S/C23H21NO5S/c1-3-28-22(26)18-17(15-11-7-5-8-12-15)19(23(27)29-4-2)30-21(18)24-20(25)16-13-9-6-10-14-16/h5-14H,3-4H2,1-2H3,(H,24,25). The zero-order valence-corrected chi connectivity index (χ0v) is 17.5. The lowest BCUT2D eigenvalue weighted by Crippen LogP contribution is -2.14. The Morgan fingerprint density at radius 1 is 0.833 bits per heavy atom. The molecule has 1 amide bonds. The van der Waals surface area contributed by atoms with E-state index in [1.54, 1.807) is 68.4 Å². The first-order chi connectivity index (χ1) is 14.6. The molecule has 1 aromatic heterocycles. The molecule has 30 heavy (non-hydrogen) atoms. The molecule has 0 radical (unpaired) electrons. The number of anilines is 1. The van der Waals surface area contributed by atoms with Crippen molar-refractivity contribution in [2.45, 2.75) is 13.8 Å². The van der Waals surface area contributed by atoms with Crippen molar-refractivity contribution in [3.8, 4) is 11.1 Å². The summed E-state index contributed by atoms with van der Waals surface area (Å²) in [6.07, 6.45) is 0. The van der Waals surface area contributed by atoms with Crippen LogP contribution in [0.15, 0.2) is 60.7 Å². The maximum absolute atomic E-state index is 12.9. The average molecular weight is 423 g/mol. The van der Waals surface area contributed by atoms with Gasteiger partial charge in [0.1, 0.15) is 15.4 Å². The van der Waals surface area contributed by atoms with E-state index in [2.05, 4.69) is 5.32 Å². The molecule has 0 spiro atoms. The Balaban J connectivity index is 2.16. The number of hydrogen-bond donors (Lipinski definition) is 1. The highest BCUT2D eigenvalue weighted by atomic mass is 32.1. The number of amides is 1. The number of benzene rings is 2. The lowest BCUT2D eigenvalue weighted by atomic mass is 10.0. The molecule has 0 fully saturated rings. The topological polar surface area (TPSA) is 81.7 Å². The fraction of sp³-hybridized carbons (Fsp3) is 0.174. The predicted molar refractivity (Wildman–Crippen MR) is 116 cm³/mol. The summed E-state index contributed by atoms with van der Waals surface area (Å²) >= 11 is 0.999. The summed E-state index contributed by atoms with van der Waals surface area (Å²) in [6.45, 7) is 3.74. The van der Waals surface area contributed by atoms with Gasteiger partial charge in [0.15, 0.2) is 0 Å². The van der Waals surface area contributed by atoms with Crippen LogP contribution in [-0.4, -0.2) is 31.1 Å². The molecular formula is C23H21NO5S. The van der Waals surface area contributed by atoms with Crippen LogP contribution in [-0.2, 0) is 9.47 Å². The molecule has 0 aliphatic carbocycles. The van der Waals surface area contributed by atoms with Crippen LogP contribution in [0.3, 0.4) is 0 Å². The van der Waals surface area contributed by atoms with Crippen LogP contribution in [0.1, 0.15) is 44.2 Å². The zero-order valence-electron chi connectivity index (χ0n) is 16.6. The van der Waals surface area contributed by atoms with Crippen LogP contribution in [0, 0.1) is 0 Å². The van der Waals surface area contributed by atoms with Gasteiger partial charge in [0.25, 0.3) is 5.91 Å². The van der Waals surface area contributed by atoms with Crippen molar-refractivity contribution in [1.29, 1.82) is 0 Å². The van der Waals surface area contributed by atoms with Gasteiger partial charge in [-0.15, -0.1) is 11.3 Å². The number of ether oxygens (including phenoxy) is 2. The Labute approximate surface area is 178 Å². The maximum Gasteiger partial charge on any atom is 0.349 e. The first-order valence-electron chi connectivity index (χ1n) is 9.49. The van der Waals surface area contributed by atoms with Crippen LogP contribution in [0.5, 0.6) is 0 Å². The van der Waals surface area contributed by atoms with E-state index in [0.717, 1.165) is 11.3 Å². The van der Waals surface area contributed by atoms with E-state index in [1.807, 2.05) is 6.07 Å². The molecule has 0 atom stereocenters. The van der Waals surface area contributed by atoms with Crippen molar-refractivity contribution in [3.05, 3.63) is 76.7 Å². The van der Waals surface area contributed by atoms with Crippen molar-refractivity contribution in [1.82, 2.24) is 0 Å². The third-order valence-corrected chi connectivity index (χ3v) is 5.26. The summed E-state index contributed by atoms with van der Waals surface area (Å²) in [5.41, 5.74) is 1.61. The molecule has 0 aliphatic heterocycles. The smallest absolute Gasteiger partial charge is 0.349 e. The summed E-state index contributed by atoms with van der Waals surface area (Å²) in [5, 5.41) is 3.00. The molecule has 0 saturated carbocycles. The fourth-order valence-electron chi connectivity index (χ4n) is 2.90. The Kier molecular flexibility index (Phi) is 6.98. The van der Waals surface area contributed by atoms with Gasteiger partial charge in [-0.2, -0.15) is 0 Å². The molecular weight excluding hydrogens is 402 g/mol. The summed E-state index contributed by atoms with van der Waals surface area (Å²) in [5.74, 6) is -1.57. The molecule has 0 saturated heterocycles. The van der Waals surface area contributed by atoms with Gasteiger partial charge in [0.05, 0.1) is 13.2 Å². The molecule has 1 N–H and O–H groups in total. The molecule has 3 rings (SSSR count). The molecule has 154 valence electrons. The van der Waals surface area contributed by atoms with E-state index in [-0.39, 0.29) is 28.7 Å². The third-order valence-electron chi connectivity index (χ3n) is 4.17. The lowest BCUT2D eigenvalue weighted by Gasteiger charge is -2.09. The Morgan fingerprint density at radius 2 is 1.40 bits per heavy atom. The van der Waals surface area contributed by atoms with Crippen molar-refractivity contribution in [2.24, 2.45) is 0 Å². The number of nitrogens with one attached hydrogen (secondary N) is 1. The minimum atomic E-state index is -0.619. The average Bonchev–Trinajstić information content (AvgIpc) is 3.14. The van der Waals surface area contributed by atoms with E-state index in [4.69, 9.17) is 9.47 Å². The van der Waals surface area contributed by atoms with Gasteiger partial charge in [0.2, 0.25) is 0 Å². The van der Waals surface area contributed by atoms with E-state index in [1.165, 1.54) is 0 Å². The van der Waals surface area contributed by atoms with Gasteiger partial charge in [0, 0.05) is 11.1 Å². The first-order valence-corrected chi connectivity index (χ1v) is 10.3. The van der Waals surface area contributed by atoms with Crippen molar-refractivity contribution in [3.63, 3.8) is 0 Å². The number of carbonyl (C=O) groups excluding carboxylic acids is 3. The summed E-state index contributed by atoms with van der Waals surface area (Å²) < 4.78 is 10.4. The molecule has 7 heteroatoms. The third kappa shape index (κ3) is 4.58. The second-order valence-electron chi connectivity index (χ2n) is 6.14. The number of esters is 2. The van der Waals surface area contributed by atoms with Crippen molar-refractivity contribution < 1.29 is 23.9 Å². The molecule has 3 aromatic rings. The second-order valence-corrected chi connectivity index (χ2v) is 7.16. The Bertz CT molecular complexity index is 1040. The minimum absolute atomic E-state index is 0.139. The van der Waals surface area contributed by atoms with E-state index < -0.39 is 17.8 Å². The van der Waals surface area contributed by atoms with Gasteiger partial charge in [-0.3, -0.25) is 4.79 Å². The molecule has 0 aliphatic rings. The lowest BCUT2D eigenvalue weighted by molar-refractivity contribution is 0.0528. The van der Waals surface area contributed by atoms with Gasteiger partial charge >= 0.3 is 11.9 Å². The molecule has 6 nitrogen and oxygen atoms in total. The Morgan fingerprint density at radius 3 is 2.00 bits per heavy atom. The van der Waals surface area contributed by atoms with Crippen LogP contribution in [0.2, 0.25) is 0 Å². The number of carbonyl (C=O) groups is 3. The van der Waals surface area contributed by atoms with Crippen LogP contribution < -0.4 is 5.32 Å². The number of rotatable bonds is 7. The maximum atomic E-state index is 12.9. The van der Waals surface area contributed by atoms with Gasteiger partial charge in [-0.1, -0.05) is 48.5 Å². The van der Waals surface area contributed by atoms with E-state index in [0.29, 0.717) is 16.7 Å². The van der Waals surface area contributed by atoms with Crippen LogP contribution >= 0.6 is 11.3 Å². The first kappa shape index (κ1) is 21.3. The van der Waals surface area contributed by atoms with E-state index in [9.17, 15) is 14.4 Å². The number of hydrogen-bond acceptors (Lipinski definition) is 6.